The van der Waals surface area contributed by atoms with Crippen molar-refractivity contribution in [3.05, 3.63) is 29.3 Å². The van der Waals surface area contributed by atoms with E-state index in [2.05, 4.69) is 0 Å². The molecule has 0 spiro atoms. The van der Waals surface area contributed by atoms with E-state index < -0.39 is 5.91 Å². The first-order valence-electron chi connectivity index (χ1n) is 5.40. The summed E-state index contributed by atoms with van der Waals surface area (Å²) in [7, 11) is 1.65. The largest absolute Gasteiger partial charge is 0.398 e. The summed E-state index contributed by atoms with van der Waals surface area (Å²) in [6.45, 7) is 1.72. The number of ether oxygens (including phenoxy) is 2. The van der Waals surface area contributed by atoms with Crippen molar-refractivity contribution < 1.29 is 14.3 Å². The summed E-state index contributed by atoms with van der Waals surface area (Å²) in [4.78, 5) is 10.9. The van der Waals surface area contributed by atoms with Crippen LogP contribution in [0.15, 0.2) is 18.2 Å². The molecule has 0 heterocycles. The molecule has 0 atom stereocenters. The summed E-state index contributed by atoms with van der Waals surface area (Å²) < 4.78 is 10.3. The highest BCUT2D eigenvalue weighted by atomic mass is 16.5. The van der Waals surface area contributed by atoms with Crippen LogP contribution >= 0.6 is 0 Å². The predicted molar refractivity (Wildman–Crippen MR) is 65.5 cm³/mol. The topological polar surface area (TPSA) is 87.6 Å². The van der Waals surface area contributed by atoms with E-state index in [1.54, 1.807) is 25.3 Å². The summed E-state index contributed by atoms with van der Waals surface area (Å²) in [6.07, 6.45) is 0.843. The Morgan fingerprint density at radius 1 is 1.35 bits per heavy atom. The number of hydrogen-bond donors (Lipinski definition) is 2. The van der Waals surface area contributed by atoms with Gasteiger partial charge in [-0.25, -0.2) is 0 Å². The van der Waals surface area contributed by atoms with Crippen LogP contribution < -0.4 is 11.5 Å². The number of primary amides is 1. The summed E-state index contributed by atoms with van der Waals surface area (Å²) in [5.41, 5.74) is 12.7. The van der Waals surface area contributed by atoms with Gasteiger partial charge in [-0.3, -0.25) is 4.79 Å². The zero-order valence-electron chi connectivity index (χ0n) is 9.94. The van der Waals surface area contributed by atoms with Crippen LogP contribution in [0.2, 0.25) is 0 Å². The number of anilines is 1. The molecule has 1 rings (SSSR count). The van der Waals surface area contributed by atoms with Gasteiger partial charge < -0.3 is 20.9 Å². The van der Waals surface area contributed by atoms with Gasteiger partial charge in [0.05, 0.1) is 6.61 Å². The highest BCUT2D eigenvalue weighted by molar-refractivity contribution is 5.93. The first-order valence-corrected chi connectivity index (χ1v) is 5.40. The van der Waals surface area contributed by atoms with E-state index >= 15 is 0 Å². The van der Waals surface area contributed by atoms with Gasteiger partial charge in [0, 0.05) is 37.1 Å². The predicted octanol–water partition coefficient (Wildman–Crippen LogP) is 0.921. The third-order valence-corrected chi connectivity index (χ3v) is 2.33. The molecule has 0 unspecified atom stereocenters. The molecule has 1 amide bonds. The number of amides is 1. The smallest absolute Gasteiger partial charge is 0.248 e. The molecule has 1 aromatic carbocycles. The van der Waals surface area contributed by atoms with E-state index in [-0.39, 0.29) is 0 Å². The van der Waals surface area contributed by atoms with E-state index in [0.29, 0.717) is 31.1 Å². The average molecular weight is 238 g/mol. The van der Waals surface area contributed by atoms with Crippen LogP contribution in [-0.2, 0) is 16.1 Å². The fourth-order valence-corrected chi connectivity index (χ4v) is 1.37. The first kappa shape index (κ1) is 13.5. The highest BCUT2D eigenvalue weighted by Gasteiger charge is 2.04. The maximum Gasteiger partial charge on any atom is 0.248 e. The molecule has 0 bridgehead atoms. The van der Waals surface area contributed by atoms with Crippen LogP contribution in [0.5, 0.6) is 0 Å². The Hall–Kier alpha value is -1.59. The zero-order valence-corrected chi connectivity index (χ0v) is 9.94. The second-order valence-electron chi connectivity index (χ2n) is 3.68. The normalized spacial score (nSPS) is 10.4. The van der Waals surface area contributed by atoms with Gasteiger partial charge in [-0.2, -0.15) is 0 Å². The molecule has 0 saturated heterocycles. The highest BCUT2D eigenvalue weighted by Crippen LogP contribution is 2.15. The molecule has 0 aliphatic carbocycles. The van der Waals surface area contributed by atoms with Crippen LogP contribution in [-0.4, -0.2) is 26.2 Å². The van der Waals surface area contributed by atoms with E-state index in [1.165, 1.54) is 0 Å². The summed E-state index contributed by atoms with van der Waals surface area (Å²) in [6, 6.07) is 4.97. The minimum Gasteiger partial charge on any atom is -0.398 e. The Labute approximate surface area is 101 Å². The quantitative estimate of drug-likeness (QED) is 0.546. The monoisotopic (exact) mass is 238 g/mol. The Bertz CT molecular complexity index is 380. The standard InChI is InChI=1S/C12H18N2O3/c1-16-5-2-6-17-8-10-4-3-9(12(14)15)7-11(10)13/h3-4,7H,2,5-6,8,13H2,1H3,(H2,14,15). The third-order valence-electron chi connectivity index (χ3n) is 2.33. The molecule has 0 saturated carbocycles. The van der Waals surface area contributed by atoms with E-state index in [4.69, 9.17) is 20.9 Å². The van der Waals surface area contributed by atoms with Crippen LogP contribution in [0.25, 0.3) is 0 Å². The van der Waals surface area contributed by atoms with E-state index in [0.717, 1.165) is 12.0 Å². The molecule has 17 heavy (non-hydrogen) atoms. The van der Waals surface area contributed by atoms with Gasteiger partial charge in [-0.15, -0.1) is 0 Å². The number of benzene rings is 1. The van der Waals surface area contributed by atoms with E-state index in [9.17, 15) is 4.79 Å². The SMILES string of the molecule is COCCCOCc1ccc(C(N)=O)cc1N. The van der Waals surface area contributed by atoms with Gasteiger partial charge in [0.1, 0.15) is 0 Å². The second-order valence-corrected chi connectivity index (χ2v) is 3.68. The van der Waals surface area contributed by atoms with Crippen molar-refractivity contribution in [1.29, 1.82) is 0 Å². The molecule has 0 aliphatic rings. The second kappa shape index (κ2) is 6.88. The lowest BCUT2D eigenvalue weighted by molar-refractivity contribution is 0.0930. The van der Waals surface area contributed by atoms with Gasteiger partial charge in [0.2, 0.25) is 5.91 Å². The summed E-state index contributed by atoms with van der Waals surface area (Å²) in [5, 5.41) is 0. The molecular weight excluding hydrogens is 220 g/mol. The minimum atomic E-state index is -0.482. The van der Waals surface area contributed by atoms with Crippen LogP contribution in [0.4, 0.5) is 5.69 Å². The molecule has 4 N–H and O–H groups in total. The van der Waals surface area contributed by atoms with Crippen molar-refractivity contribution in [2.45, 2.75) is 13.0 Å². The molecule has 94 valence electrons. The van der Waals surface area contributed by atoms with Crippen molar-refractivity contribution in [3.63, 3.8) is 0 Å². The maximum absolute atomic E-state index is 10.9. The lowest BCUT2D eigenvalue weighted by Gasteiger charge is -2.08. The van der Waals surface area contributed by atoms with Crippen molar-refractivity contribution in [2.24, 2.45) is 5.73 Å². The Kier molecular flexibility index (Phi) is 5.45. The van der Waals surface area contributed by atoms with Crippen LogP contribution in [0.3, 0.4) is 0 Å². The molecule has 5 nitrogen and oxygen atoms in total. The molecule has 0 radical (unpaired) electrons. The zero-order chi connectivity index (χ0) is 12.7. The number of nitrogen functional groups attached to an aromatic ring is 1. The number of carbonyl (C=O) groups excluding carboxylic acids is 1. The van der Waals surface area contributed by atoms with Crippen LogP contribution in [0.1, 0.15) is 22.3 Å². The molecular formula is C12H18N2O3. The molecule has 1 aromatic rings. The summed E-state index contributed by atoms with van der Waals surface area (Å²) >= 11 is 0. The molecule has 0 aromatic heterocycles. The van der Waals surface area contributed by atoms with Crippen molar-refractivity contribution in [3.8, 4) is 0 Å². The Balaban J connectivity index is 2.46. The third kappa shape index (κ3) is 4.42. The Morgan fingerprint density at radius 2 is 2.12 bits per heavy atom. The van der Waals surface area contributed by atoms with Crippen LogP contribution in [0, 0.1) is 0 Å². The fraction of sp³-hybridized carbons (Fsp3) is 0.417. The minimum absolute atomic E-state index is 0.408. The van der Waals surface area contributed by atoms with Gasteiger partial charge in [0.15, 0.2) is 0 Å². The van der Waals surface area contributed by atoms with Crippen molar-refractivity contribution in [2.75, 3.05) is 26.1 Å². The van der Waals surface area contributed by atoms with Gasteiger partial charge in [-0.05, 0) is 18.6 Å². The van der Waals surface area contributed by atoms with Gasteiger partial charge in [-0.1, -0.05) is 6.07 Å². The number of methoxy groups -OCH3 is 1. The van der Waals surface area contributed by atoms with E-state index in [1.807, 2.05) is 0 Å². The van der Waals surface area contributed by atoms with Crippen molar-refractivity contribution in [1.82, 2.24) is 0 Å². The van der Waals surface area contributed by atoms with Gasteiger partial charge in [0.25, 0.3) is 0 Å². The molecule has 5 heteroatoms. The maximum atomic E-state index is 10.9. The Morgan fingerprint density at radius 3 is 2.71 bits per heavy atom. The lowest BCUT2D eigenvalue weighted by Crippen LogP contribution is -2.12. The molecule has 0 fully saturated rings. The first-order chi connectivity index (χ1) is 8.15. The lowest BCUT2D eigenvalue weighted by atomic mass is 10.1. The summed E-state index contributed by atoms with van der Waals surface area (Å²) in [5.74, 6) is -0.482. The number of rotatable bonds is 7. The number of hydrogen-bond acceptors (Lipinski definition) is 4. The van der Waals surface area contributed by atoms with Crippen molar-refractivity contribution >= 4 is 11.6 Å². The fourth-order valence-electron chi connectivity index (χ4n) is 1.37. The number of nitrogens with two attached hydrogens (primary N) is 2. The average Bonchev–Trinajstić information content (AvgIpc) is 2.30. The number of carbonyl (C=O) groups is 1. The molecule has 0 aliphatic heterocycles. The van der Waals surface area contributed by atoms with Gasteiger partial charge >= 0.3 is 0 Å².